The number of hydrogen-bond donors (Lipinski definition) is 1. The molecule has 2 aromatic rings. The van der Waals surface area contributed by atoms with Gasteiger partial charge in [-0.15, -0.1) is 0 Å². The molecule has 4 atom stereocenters. The van der Waals surface area contributed by atoms with Crippen molar-refractivity contribution in [3.05, 3.63) is 59.7 Å². The number of nitrogens with zero attached hydrogens (tertiary/aromatic N) is 1. The first-order chi connectivity index (χ1) is 14.5. The normalized spacial score (nSPS) is 25.6. The van der Waals surface area contributed by atoms with Gasteiger partial charge in [0.1, 0.15) is 0 Å². The minimum absolute atomic E-state index is 0.00888. The Balaban J connectivity index is 1.50. The van der Waals surface area contributed by atoms with E-state index in [1.807, 2.05) is 35.2 Å². The lowest BCUT2D eigenvalue weighted by atomic mass is 9.77. The lowest BCUT2D eigenvalue weighted by Crippen LogP contribution is -2.49. The number of fused-ring (bicyclic) bond motifs is 1. The zero-order valence-corrected chi connectivity index (χ0v) is 17.9. The molecule has 2 aromatic carbocycles. The van der Waals surface area contributed by atoms with Gasteiger partial charge in [-0.1, -0.05) is 36.4 Å². The summed E-state index contributed by atoms with van der Waals surface area (Å²) in [6.45, 7) is 5.13. The van der Waals surface area contributed by atoms with Crippen molar-refractivity contribution < 1.29 is 14.3 Å². The van der Waals surface area contributed by atoms with Gasteiger partial charge in [-0.25, -0.2) is 0 Å². The topological polar surface area (TPSA) is 58.6 Å². The van der Waals surface area contributed by atoms with Crippen LogP contribution < -0.4 is 5.32 Å². The highest BCUT2D eigenvalue weighted by molar-refractivity contribution is 5.95. The molecule has 5 heteroatoms. The first-order valence-electron chi connectivity index (χ1n) is 10.7. The second-order valence-corrected chi connectivity index (χ2v) is 8.68. The predicted molar refractivity (Wildman–Crippen MR) is 117 cm³/mol. The number of methoxy groups -OCH3 is 1. The average Bonchev–Trinajstić information content (AvgIpc) is 3.15. The second-order valence-electron chi connectivity index (χ2n) is 8.68. The van der Waals surface area contributed by atoms with Gasteiger partial charge in [0.2, 0.25) is 5.91 Å². The van der Waals surface area contributed by atoms with Crippen molar-refractivity contribution in [1.82, 2.24) is 10.2 Å². The number of carbonyl (C=O) groups is 2. The number of amides is 2. The van der Waals surface area contributed by atoms with E-state index in [9.17, 15) is 9.59 Å². The van der Waals surface area contributed by atoms with E-state index in [0.29, 0.717) is 11.8 Å². The average molecular weight is 407 g/mol. The van der Waals surface area contributed by atoms with Gasteiger partial charge in [0, 0.05) is 32.7 Å². The predicted octanol–water partition coefficient (Wildman–Crippen LogP) is 3.66. The molecular formula is C25H30N2O3. The fraction of sp³-hybridized carbons (Fsp3) is 0.440. The Morgan fingerprint density at radius 2 is 1.77 bits per heavy atom. The van der Waals surface area contributed by atoms with Crippen LogP contribution in [0.2, 0.25) is 0 Å². The summed E-state index contributed by atoms with van der Waals surface area (Å²) in [6.07, 6.45) is 1.74. The van der Waals surface area contributed by atoms with Crippen molar-refractivity contribution in [1.29, 1.82) is 0 Å². The molecule has 2 amide bonds. The maximum absolute atomic E-state index is 13.3. The molecule has 1 aliphatic carbocycles. The first-order valence-corrected chi connectivity index (χ1v) is 10.7. The van der Waals surface area contributed by atoms with Crippen molar-refractivity contribution in [2.45, 2.75) is 38.8 Å². The van der Waals surface area contributed by atoms with Gasteiger partial charge in [0.25, 0.3) is 5.91 Å². The van der Waals surface area contributed by atoms with Crippen LogP contribution in [0.3, 0.4) is 0 Å². The summed E-state index contributed by atoms with van der Waals surface area (Å²) in [4.78, 5) is 26.8. The molecule has 2 aliphatic rings. The van der Waals surface area contributed by atoms with E-state index in [0.717, 1.165) is 42.6 Å². The van der Waals surface area contributed by atoms with Gasteiger partial charge in [-0.05, 0) is 60.4 Å². The molecule has 2 fully saturated rings. The Hall–Kier alpha value is -2.66. The molecule has 1 N–H and O–H groups in total. The van der Waals surface area contributed by atoms with Gasteiger partial charge in [-0.2, -0.15) is 0 Å². The minimum Gasteiger partial charge on any atom is -0.379 e. The first kappa shape index (κ1) is 20.6. The van der Waals surface area contributed by atoms with Crippen LogP contribution in [0.5, 0.6) is 0 Å². The summed E-state index contributed by atoms with van der Waals surface area (Å²) >= 11 is 0. The van der Waals surface area contributed by atoms with E-state index in [2.05, 4.69) is 30.4 Å². The summed E-state index contributed by atoms with van der Waals surface area (Å²) in [5, 5.41) is 3.03. The Morgan fingerprint density at radius 1 is 1.03 bits per heavy atom. The van der Waals surface area contributed by atoms with Gasteiger partial charge < -0.3 is 15.0 Å². The fourth-order valence-corrected chi connectivity index (χ4v) is 5.15. The molecule has 0 radical (unpaired) electrons. The SMILES string of the molecule is CO[C@@H]1C[C@H]2CN(C(=O)c3cccc(-c4ccccc4C)c3)C[C@H]2C[C@H]1NC(C)=O. The van der Waals surface area contributed by atoms with Crippen LogP contribution in [0.1, 0.15) is 35.7 Å². The molecule has 5 nitrogen and oxygen atoms in total. The van der Waals surface area contributed by atoms with Crippen molar-refractivity contribution in [3.8, 4) is 11.1 Å². The Kier molecular flexibility index (Phi) is 5.91. The van der Waals surface area contributed by atoms with E-state index in [1.165, 1.54) is 5.56 Å². The van der Waals surface area contributed by atoms with Gasteiger partial charge >= 0.3 is 0 Å². The number of likely N-dealkylation sites (tertiary alicyclic amines) is 1. The molecule has 0 unspecified atom stereocenters. The molecule has 30 heavy (non-hydrogen) atoms. The number of ether oxygens (including phenoxy) is 1. The number of aryl methyl sites for hydroxylation is 1. The van der Waals surface area contributed by atoms with Crippen LogP contribution >= 0.6 is 0 Å². The fourth-order valence-electron chi connectivity index (χ4n) is 5.15. The summed E-state index contributed by atoms with van der Waals surface area (Å²) < 4.78 is 5.65. The summed E-state index contributed by atoms with van der Waals surface area (Å²) in [5.41, 5.74) is 4.16. The van der Waals surface area contributed by atoms with E-state index in [1.54, 1.807) is 14.0 Å². The van der Waals surface area contributed by atoms with Crippen LogP contribution in [0, 0.1) is 18.8 Å². The number of rotatable bonds is 4. The summed E-state index contributed by atoms with van der Waals surface area (Å²) in [5.74, 6) is 0.879. The number of carbonyl (C=O) groups excluding carboxylic acids is 2. The van der Waals surface area contributed by atoms with Gasteiger partial charge in [0.15, 0.2) is 0 Å². The van der Waals surface area contributed by atoms with E-state index >= 15 is 0 Å². The summed E-state index contributed by atoms with van der Waals surface area (Å²) in [6, 6.07) is 16.2. The zero-order chi connectivity index (χ0) is 21.3. The Morgan fingerprint density at radius 3 is 2.47 bits per heavy atom. The van der Waals surface area contributed by atoms with Crippen molar-refractivity contribution in [2.75, 3.05) is 20.2 Å². The largest absolute Gasteiger partial charge is 0.379 e. The zero-order valence-electron chi connectivity index (χ0n) is 17.9. The Labute approximate surface area is 178 Å². The van der Waals surface area contributed by atoms with Crippen molar-refractivity contribution in [2.24, 2.45) is 11.8 Å². The highest BCUT2D eigenvalue weighted by atomic mass is 16.5. The number of nitrogens with one attached hydrogen (secondary N) is 1. The quantitative estimate of drug-likeness (QED) is 0.843. The smallest absolute Gasteiger partial charge is 0.253 e. The highest BCUT2D eigenvalue weighted by Gasteiger charge is 2.44. The second kappa shape index (κ2) is 8.60. The lowest BCUT2D eigenvalue weighted by molar-refractivity contribution is -0.121. The number of hydrogen-bond acceptors (Lipinski definition) is 3. The molecule has 1 heterocycles. The molecule has 1 saturated carbocycles. The molecule has 1 aliphatic heterocycles. The van der Waals surface area contributed by atoms with Crippen LogP contribution in [-0.2, 0) is 9.53 Å². The molecule has 0 aromatic heterocycles. The third-order valence-electron chi connectivity index (χ3n) is 6.66. The third-order valence-corrected chi connectivity index (χ3v) is 6.66. The van der Waals surface area contributed by atoms with E-state index in [-0.39, 0.29) is 24.0 Å². The maximum atomic E-state index is 13.3. The number of benzene rings is 2. The molecule has 0 bridgehead atoms. The molecule has 4 rings (SSSR count). The van der Waals surface area contributed by atoms with E-state index < -0.39 is 0 Å². The maximum Gasteiger partial charge on any atom is 0.253 e. The van der Waals surface area contributed by atoms with E-state index in [4.69, 9.17) is 4.74 Å². The van der Waals surface area contributed by atoms with Crippen LogP contribution in [0.4, 0.5) is 0 Å². The molecule has 158 valence electrons. The molecule has 1 saturated heterocycles. The van der Waals surface area contributed by atoms with Crippen LogP contribution in [0.25, 0.3) is 11.1 Å². The van der Waals surface area contributed by atoms with Crippen molar-refractivity contribution in [3.63, 3.8) is 0 Å². The highest BCUT2D eigenvalue weighted by Crippen LogP contribution is 2.38. The lowest BCUT2D eigenvalue weighted by Gasteiger charge is -2.37. The molecular weight excluding hydrogens is 376 g/mol. The third kappa shape index (κ3) is 4.12. The minimum atomic E-state index is -0.0283. The van der Waals surface area contributed by atoms with Crippen molar-refractivity contribution >= 4 is 11.8 Å². The Bertz CT molecular complexity index is 941. The van der Waals surface area contributed by atoms with Crippen LogP contribution in [0.15, 0.2) is 48.5 Å². The molecule has 0 spiro atoms. The summed E-state index contributed by atoms with van der Waals surface area (Å²) in [7, 11) is 1.70. The van der Waals surface area contributed by atoms with Crippen LogP contribution in [-0.4, -0.2) is 49.1 Å². The standard InChI is InChI=1S/C25H30N2O3/c1-16-7-4-5-10-22(16)18-8-6-9-19(11-18)25(29)27-14-20-12-23(26-17(2)28)24(30-3)13-21(20)15-27/h4-11,20-21,23-24H,12-15H2,1-3H3,(H,26,28)/t20-,21+,23-,24-/m1/s1. The van der Waals surface area contributed by atoms with Gasteiger partial charge in [0.05, 0.1) is 12.1 Å². The van der Waals surface area contributed by atoms with Gasteiger partial charge in [-0.3, -0.25) is 9.59 Å². The monoisotopic (exact) mass is 406 g/mol.